The Morgan fingerprint density at radius 1 is 1.30 bits per heavy atom. The number of aliphatic carboxylic acids is 1. The summed E-state index contributed by atoms with van der Waals surface area (Å²) in [6.07, 6.45) is 2.05. The van der Waals surface area contributed by atoms with E-state index in [2.05, 4.69) is 4.99 Å². The molecule has 6 nitrogen and oxygen atoms in total. The fourth-order valence-corrected chi connectivity index (χ4v) is 3.29. The molecule has 0 saturated heterocycles. The number of rotatable bonds is 6. The van der Waals surface area contributed by atoms with Gasteiger partial charge in [0.25, 0.3) is 10.1 Å². The van der Waals surface area contributed by atoms with Crippen molar-refractivity contribution >= 4 is 57.0 Å². The van der Waals surface area contributed by atoms with Crippen molar-refractivity contribution in [2.75, 3.05) is 0 Å². The number of hydrogen-bond acceptors (Lipinski definition) is 4. The van der Waals surface area contributed by atoms with Gasteiger partial charge in [-0.1, -0.05) is 13.3 Å². The van der Waals surface area contributed by atoms with E-state index in [0.717, 1.165) is 11.3 Å². The molecule has 1 aromatic rings. The SMILES string of the molecule is CC1=Nc2ccc(S(=O)(=O)O)cc2C1(C)CCCCC(=O)O.[NaH]. The summed E-state index contributed by atoms with van der Waals surface area (Å²) in [6, 6.07) is 4.38. The Balaban J connectivity index is 0.00000264. The molecule has 122 valence electrons. The third-order valence-corrected chi connectivity index (χ3v) is 5.11. The number of benzene rings is 1. The maximum atomic E-state index is 11.3. The zero-order chi connectivity index (χ0) is 16.5. The van der Waals surface area contributed by atoms with Crippen LogP contribution in [0.15, 0.2) is 28.1 Å². The number of nitrogens with zero attached hydrogens (tertiary/aromatic N) is 1. The number of unbranched alkanes of at least 4 members (excludes halogenated alkanes) is 1. The molecule has 0 spiro atoms. The summed E-state index contributed by atoms with van der Waals surface area (Å²) < 4.78 is 31.8. The summed E-state index contributed by atoms with van der Waals surface area (Å²) in [6.45, 7) is 3.84. The van der Waals surface area contributed by atoms with Crippen molar-refractivity contribution in [3.05, 3.63) is 23.8 Å². The van der Waals surface area contributed by atoms with Gasteiger partial charge in [0.1, 0.15) is 0 Å². The molecule has 0 radical (unpaired) electrons. The van der Waals surface area contributed by atoms with Gasteiger partial charge in [-0.25, -0.2) is 0 Å². The Kier molecular flexibility index (Phi) is 6.57. The van der Waals surface area contributed by atoms with E-state index in [1.165, 1.54) is 12.1 Å². The number of fused-ring (bicyclic) bond motifs is 1. The van der Waals surface area contributed by atoms with Crippen LogP contribution in [-0.4, -0.2) is 59.3 Å². The van der Waals surface area contributed by atoms with Crippen LogP contribution in [0.5, 0.6) is 0 Å². The molecule has 2 rings (SSSR count). The topological polar surface area (TPSA) is 104 Å². The molecular formula is C15H20NNaO5S. The van der Waals surface area contributed by atoms with Gasteiger partial charge in [-0.15, -0.1) is 0 Å². The van der Waals surface area contributed by atoms with Crippen molar-refractivity contribution in [3.63, 3.8) is 0 Å². The van der Waals surface area contributed by atoms with Gasteiger partial charge in [0.15, 0.2) is 0 Å². The van der Waals surface area contributed by atoms with E-state index < -0.39 is 21.5 Å². The standard InChI is InChI=1S/C15H19NO5S.Na.H/c1-10-15(2,8-4-3-5-14(17)18)12-9-11(22(19,20)21)6-7-13(12)16-10;;/h6-7,9H,3-5,8H2,1-2H3,(H,17,18)(H,19,20,21);;. The number of carbonyl (C=O) groups is 1. The Morgan fingerprint density at radius 3 is 2.52 bits per heavy atom. The first-order valence-electron chi connectivity index (χ1n) is 7.04. The van der Waals surface area contributed by atoms with E-state index in [0.29, 0.717) is 24.9 Å². The molecule has 8 heteroatoms. The van der Waals surface area contributed by atoms with Gasteiger partial charge in [0.2, 0.25) is 0 Å². The summed E-state index contributed by atoms with van der Waals surface area (Å²) in [7, 11) is -4.26. The average Bonchev–Trinajstić information content (AvgIpc) is 2.66. The third kappa shape index (κ3) is 4.42. The van der Waals surface area contributed by atoms with Crippen LogP contribution < -0.4 is 0 Å². The summed E-state index contributed by atoms with van der Waals surface area (Å²) >= 11 is 0. The predicted octanol–water partition coefficient (Wildman–Crippen LogP) is 2.29. The number of carboxylic acids is 1. The van der Waals surface area contributed by atoms with Gasteiger partial charge < -0.3 is 5.11 Å². The first-order chi connectivity index (χ1) is 10.1. The Bertz CT molecular complexity index is 744. The quantitative estimate of drug-likeness (QED) is 0.466. The van der Waals surface area contributed by atoms with Crippen LogP contribution in [0.2, 0.25) is 0 Å². The Morgan fingerprint density at radius 2 is 1.96 bits per heavy atom. The Hall–Kier alpha value is -0.730. The molecule has 1 aliphatic rings. The molecule has 0 aliphatic carbocycles. The van der Waals surface area contributed by atoms with Crippen LogP contribution in [0.3, 0.4) is 0 Å². The van der Waals surface area contributed by atoms with E-state index in [9.17, 15) is 17.8 Å². The normalized spacial score (nSPS) is 19.7. The van der Waals surface area contributed by atoms with E-state index in [1.807, 2.05) is 13.8 Å². The fraction of sp³-hybridized carbons (Fsp3) is 0.467. The minimum absolute atomic E-state index is 0. The summed E-state index contributed by atoms with van der Waals surface area (Å²) in [5.74, 6) is -0.823. The first-order valence-corrected chi connectivity index (χ1v) is 8.48. The molecule has 0 amide bonds. The second kappa shape index (κ2) is 7.44. The first kappa shape index (κ1) is 20.3. The predicted molar refractivity (Wildman–Crippen MR) is 89.6 cm³/mol. The monoisotopic (exact) mass is 349 g/mol. The average molecular weight is 349 g/mol. The van der Waals surface area contributed by atoms with E-state index in [4.69, 9.17) is 5.11 Å². The molecule has 0 fully saturated rings. The maximum absolute atomic E-state index is 11.3. The van der Waals surface area contributed by atoms with Crippen molar-refractivity contribution in [1.82, 2.24) is 0 Å². The van der Waals surface area contributed by atoms with E-state index in [-0.39, 0.29) is 40.9 Å². The van der Waals surface area contributed by atoms with Crippen molar-refractivity contribution in [2.45, 2.75) is 49.8 Å². The molecule has 1 aromatic carbocycles. The minimum atomic E-state index is -4.26. The van der Waals surface area contributed by atoms with Gasteiger partial charge in [-0.05, 0) is 43.5 Å². The van der Waals surface area contributed by atoms with Gasteiger partial charge >= 0.3 is 35.5 Å². The van der Waals surface area contributed by atoms with Crippen molar-refractivity contribution in [1.29, 1.82) is 0 Å². The zero-order valence-electron chi connectivity index (χ0n) is 12.5. The van der Waals surface area contributed by atoms with Crippen molar-refractivity contribution in [3.8, 4) is 0 Å². The van der Waals surface area contributed by atoms with Crippen LogP contribution in [0.25, 0.3) is 0 Å². The van der Waals surface area contributed by atoms with Crippen LogP contribution in [-0.2, 0) is 20.3 Å². The summed E-state index contributed by atoms with van der Waals surface area (Å²) in [5.41, 5.74) is 1.89. The molecular weight excluding hydrogens is 329 g/mol. The summed E-state index contributed by atoms with van der Waals surface area (Å²) in [5, 5.41) is 8.69. The molecule has 0 aromatic heterocycles. The zero-order valence-corrected chi connectivity index (χ0v) is 13.4. The molecule has 23 heavy (non-hydrogen) atoms. The van der Waals surface area contributed by atoms with E-state index in [1.54, 1.807) is 6.07 Å². The van der Waals surface area contributed by atoms with Gasteiger partial charge in [-0.2, -0.15) is 8.42 Å². The number of carboxylic acid groups (broad SMARTS) is 1. The molecule has 1 atom stereocenters. The molecule has 1 heterocycles. The van der Waals surface area contributed by atoms with Gasteiger partial charge in [-0.3, -0.25) is 14.3 Å². The third-order valence-electron chi connectivity index (χ3n) is 4.26. The number of hydrogen-bond donors (Lipinski definition) is 2. The fourth-order valence-electron chi connectivity index (χ4n) is 2.78. The van der Waals surface area contributed by atoms with Gasteiger partial charge in [0.05, 0.1) is 10.6 Å². The second-order valence-electron chi connectivity index (χ2n) is 5.78. The van der Waals surface area contributed by atoms with Crippen molar-refractivity contribution < 1.29 is 22.9 Å². The molecule has 1 aliphatic heterocycles. The van der Waals surface area contributed by atoms with E-state index >= 15 is 0 Å². The molecule has 0 bridgehead atoms. The van der Waals surface area contributed by atoms with Crippen LogP contribution in [0.4, 0.5) is 5.69 Å². The van der Waals surface area contributed by atoms with Crippen LogP contribution in [0.1, 0.15) is 45.1 Å². The molecule has 0 saturated carbocycles. The Labute approximate surface area is 158 Å². The van der Waals surface area contributed by atoms with Gasteiger partial charge in [0, 0.05) is 17.5 Å². The number of aliphatic imine (C=N–C) groups is 1. The van der Waals surface area contributed by atoms with Crippen LogP contribution >= 0.6 is 0 Å². The summed E-state index contributed by atoms with van der Waals surface area (Å²) in [4.78, 5) is 14.9. The second-order valence-corrected chi connectivity index (χ2v) is 7.21. The molecule has 2 N–H and O–H groups in total. The molecule has 1 unspecified atom stereocenters. The van der Waals surface area contributed by atoms with Crippen molar-refractivity contribution in [2.24, 2.45) is 4.99 Å². The van der Waals surface area contributed by atoms with Crippen LogP contribution in [0, 0.1) is 0 Å².